The first kappa shape index (κ1) is 13.7. The quantitative estimate of drug-likeness (QED) is 0.806. The van der Waals surface area contributed by atoms with Crippen molar-refractivity contribution in [2.75, 3.05) is 7.05 Å². The number of hydrogen-bond acceptors (Lipinski definition) is 3. The van der Waals surface area contributed by atoms with Crippen LogP contribution in [0.5, 0.6) is 11.5 Å². The second-order valence-electron chi connectivity index (χ2n) is 5.45. The molecule has 0 radical (unpaired) electrons. The van der Waals surface area contributed by atoms with Crippen LogP contribution in [0.3, 0.4) is 0 Å². The molecule has 1 saturated carbocycles. The molecule has 19 heavy (non-hydrogen) atoms. The van der Waals surface area contributed by atoms with Crippen molar-refractivity contribution in [1.29, 1.82) is 0 Å². The van der Waals surface area contributed by atoms with E-state index >= 15 is 0 Å². The van der Waals surface area contributed by atoms with E-state index in [0.717, 1.165) is 19.3 Å². The van der Waals surface area contributed by atoms with Gasteiger partial charge in [0.05, 0.1) is 5.56 Å². The third-order valence-electron chi connectivity index (χ3n) is 4.09. The van der Waals surface area contributed by atoms with Crippen molar-refractivity contribution in [1.82, 2.24) is 4.90 Å². The van der Waals surface area contributed by atoms with Crippen LogP contribution in [0.25, 0.3) is 0 Å². The molecule has 4 heteroatoms. The minimum Gasteiger partial charge on any atom is -0.508 e. The molecule has 2 unspecified atom stereocenters. The van der Waals surface area contributed by atoms with Gasteiger partial charge in [-0.1, -0.05) is 19.8 Å². The van der Waals surface area contributed by atoms with E-state index in [9.17, 15) is 15.0 Å². The third-order valence-corrected chi connectivity index (χ3v) is 4.09. The molecule has 4 nitrogen and oxygen atoms in total. The lowest BCUT2D eigenvalue weighted by molar-refractivity contribution is 0.0625. The Hall–Kier alpha value is -1.71. The van der Waals surface area contributed by atoms with E-state index < -0.39 is 0 Å². The molecule has 0 aromatic heterocycles. The zero-order chi connectivity index (χ0) is 14.0. The summed E-state index contributed by atoms with van der Waals surface area (Å²) in [5.41, 5.74) is 0.167. The molecular weight excluding hydrogens is 242 g/mol. The zero-order valence-electron chi connectivity index (χ0n) is 11.5. The fraction of sp³-hybridized carbons (Fsp3) is 0.533. The lowest BCUT2D eigenvalue weighted by atomic mass is 9.85. The van der Waals surface area contributed by atoms with Gasteiger partial charge in [-0.2, -0.15) is 0 Å². The number of rotatable bonds is 2. The Labute approximate surface area is 113 Å². The van der Waals surface area contributed by atoms with Gasteiger partial charge in [0.25, 0.3) is 5.91 Å². The van der Waals surface area contributed by atoms with E-state index in [1.807, 2.05) is 0 Å². The van der Waals surface area contributed by atoms with Crippen molar-refractivity contribution in [3.63, 3.8) is 0 Å². The standard InChI is InChI=1S/C15H21NO3/c1-10-5-3-4-6-13(10)16(2)15(19)12-9-11(17)7-8-14(12)18/h7-10,13,17-18H,3-6H2,1-2H3. The van der Waals surface area contributed by atoms with Crippen LogP contribution in [0, 0.1) is 5.92 Å². The van der Waals surface area contributed by atoms with Crippen molar-refractivity contribution in [3.8, 4) is 11.5 Å². The van der Waals surface area contributed by atoms with Crippen LogP contribution in [0.2, 0.25) is 0 Å². The third kappa shape index (κ3) is 2.83. The van der Waals surface area contributed by atoms with Gasteiger partial charge in [0.1, 0.15) is 11.5 Å². The van der Waals surface area contributed by atoms with E-state index in [1.54, 1.807) is 11.9 Å². The van der Waals surface area contributed by atoms with Crippen molar-refractivity contribution >= 4 is 5.91 Å². The van der Waals surface area contributed by atoms with E-state index in [-0.39, 0.29) is 29.0 Å². The minimum atomic E-state index is -0.229. The summed E-state index contributed by atoms with van der Waals surface area (Å²) < 4.78 is 0. The number of benzene rings is 1. The van der Waals surface area contributed by atoms with Gasteiger partial charge < -0.3 is 15.1 Å². The van der Waals surface area contributed by atoms with Crippen LogP contribution in [0.15, 0.2) is 18.2 Å². The Kier molecular flexibility index (Phi) is 3.98. The SMILES string of the molecule is CC1CCCCC1N(C)C(=O)c1cc(O)ccc1O. The van der Waals surface area contributed by atoms with Crippen LogP contribution < -0.4 is 0 Å². The Bertz CT molecular complexity index is 472. The highest BCUT2D eigenvalue weighted by Gasteiger charge is 2.29. The molecule has 0 saturated heterocycles. The maximum absolute atomic E-state index is 12.4. The van der Waals surface area contributed by atoms with Gasteiger partial charge in [0.15, 0.2) is 0 Å². The molecule has 1 amide bonds. The van der Waals surface area contributed by atoms with Crippen LogP contribution >= 0.6 is 0 Å². The molecule has 0 bridgehead atoms. The van der Waals surface area contributed by atoms with Gasteiger partial charge in [-0.3, -0.25) is 4.79 Å². The monoisotopic (exact) mass is 263 g/mol. The van der Waals surface area contributed by atoms with E-state index in [1.165, 1.54) is 24.6 Å². The maximum atomic E-state index is 12.4. The predicted molar refractivity (Wildman–Crippen MR) is 73.3 cm³/mol. The molecule has 2 atom stereocenters. The smallest absolute Gasteiger partial charge is 0.257 e. The van der Waals surface area contributed by atoms with E-state index in [4.69, 9.17) is 0 Å². The first-order valence-electron chi connectivity index (χ1n) is 6.80. The molecule has 2 N–H and O–H groups in total. The molecule has 0 heterocycles. The molecule has 1 aliphatic carbocycles. The van der Waals surface area contributed by atoms with Gasteiger partial charge in [0, 0.05) is 13.1 Å². The molecule has 0 aliphatic heterocycles. The summed E-state index contributed by atoms with van der Waals surface area (Å²) >= 11 is 0. The van der Waals surface area contributed by atoms with Crippen molar-refractivity contribution in [2.45, 2.75) is 38.6 Å². The summed E-state index contributed by atoms with van der Waals surface area (Å²) in [6.45, 7) is 2.16. The predicted octanol–water partition coefficient (Wildman–Crippen LogP) is 2.75. The normalized spacial score (nSPS) is 23.1. The number of carbonyl (C=O) groups excluding carboxylic acids is 1. The lowest BCUT2D eigenvalue weighted by Gasteiger charge is -2.36. The number of phenolic OH excluding ortho intramolecular Hbond substituents is 2. The van der Waals surface area contributed by atoms with Gasteiger partial charge in [-0.05, 0) is 37.0 Å². The van der Waals surface area contributed by atoms with Crippen LogP contribution in [0.4, 0.5) is 0 Å². The average molecular weight is 263 g/mol. The molecule has 0 spiro atoms. The number of aromatic hydroxyl groups is 2. The Morgan fingerprint density at radius 3 is 2.63 bits per heavy atom. The molecule has 104 valence electrons. The fourth-order valence-electron chi connectivity index (χ4n) is 2.91. The largest absolute Gasteiger partial charge is 0.508 e. The number of carbonyl (C=O) groups is 1. The number of phenols is 2. The highest BCUT2D eigenvalue weighted by atomic mass is 16.3. The van der Waals surface area contributed by atoms with Crippen LogP contribution in [-0.4, -0.2) is 34.1 Å². The number of amides is 1. The molecule has 1 aliphatic rings. The number of nitrogens with zero attached hydrogens (tertiary/aromatic N) is 1. The second-order valence-corrected chi connectivity index (χ2v) is 5.45. The summed E-state index contributed by atoms with van der Waals surface area (Å²) in [5.74, 6) is 0.152. The zero-order valence-corrected chi connectivity index (χ0v) is 11.5. The van der Waals surface area contributed by atoms with Gasteiger partial charge in [-0.25, -0.2) is 0 Å². The fourth-order valence-corrected chi connectivity index (χ4v) is 2.91. The first-order chi connectivity index (χ1) is 9.00. The molecular formula is C15H21NO3. The average Bonchev–Trinajstić information content (AvgIpc) is 2.40. The van der Waals surface area contributed by atoms with Crippen molar-refractivity contribution in [2.24, 2.45) is 5.92 Å². The highest BCUT2D eigenvalue weighted by molar-refractivity contribution is 5.97. The Morgan fingerprint density at radius 2 is 1.95 bits per heavy atom. The molecule has 1 aromatic rings. The maximum Gasteiger partial charge on any atom is 0.257 e. The van der Waals surface area contributed by atoms with Crippen molar-refractivity contribution < 1.29 is 15.0 Å². The Morgan fingerprint density at radius 1 is 1.26 bits per heavy atom. The van der Waals surface area contributed by atoms with Gasteiger partial charge >= 0.3 is 0 Å². The molecule has 1 aromatic carbocycles. The molecule has 2 rings (SSSR count). The van der Waals surface area contributed by atoms with E-state index in [2.05, 4.69) is 6.92 Å². The van der Waals surface area contributed by atoms with Crippen LogP contribution in [0.1, 0.15) is 43.0 Å². The summed E-state index contributed by atoms with van der Waals surface area (Å²) in [6, 6.07) is 4.25. The Balaban J connectivity index is 2.20. The topological polar surface area (TPSA) is 60.8 Å². The number of hydrogen-bond donors (Lipinski definition) is 2. The van der Waals surface area contributed by atoms with E-state index in [0.29, 0.717) is 5.92 Å². The summed E-state index contributed by atoms with van der Waals surface area (Å²) in [7, 11) is 1.78. The highest BCUT2D eigenvalue weighted by Crippen LogP contribution is 2.30. The van der Waals surface area contributed by atoms with Crippen molar-refractivity contribution in [3.05, 3.63) is 23.8 Å². The summed E-state index contributed by atoms with van der Waals surface area (Å²) in [6.07, 6.45) is 4.49. The van der Waals surface area contributed by atoms with Crippen LogP contribution in [-0.2, 0) is 0 Å². The molecule has 1 fully saturated rings. The second kappa shape index (κ2) is 5.51. The summed E-state index contributed by atoms with van der Waals surface area (Å²) in [4.78, 5) is 14.1. The van der Waals surface area contributed by atoms with Gasteiger partial charge in [0.2, 0.25) is 0 Å². The van der Waals surface area contributed by atoms with Gasteiger partial charge in [-0.15, -0.1) is 0 Å². The summed E-state index contributed by atoms with van der Waals surface area (Å²) in [5, 5.41) is 19.2. The minimum absolute atomic E-state index is 0.00811. The lowest BCUT2D eigenvalue weighted by Crippen LogP contribution is -2.42. The first-order valence-corrected chi connectivity index (χ1v) is 6.80.